The van der Waals surface area contributed by atoms with Crippen molar-refractivity contribution in [3.05, 3.63) is 254 Å². The van der Waals surface area contributed by atoms with Gasteiger partial charge in [0.2, 0.25) is 0 Å². The lowest BCUT2D eigenvalue weighted by molar-refractivity contribution is -0.148. The third kappa shape index (κ3) is 18.3. The van der Waals surface area contributed by atoms with E-state index < -0.39 is 141 Å². The van der Waals surface area contributed by atoms with E-state index in [1.807, 2.05) is 0 Å². The number of fused-ring (bicyclic) bond motifs is 4. The summed E-state index contributed by atoms with van der Waals surface area (Å²) < 4.78 is 118. The second kappa shape index (κ2) is 37.2. The molecule has 46 heteroatoms. The van der Waals surface area contributed by atoms with Gasteiger partial charge in [-0.3, -0.25) is 57.5 Å². The summed E-state index contributed by atoms with van der Waals surface area (Å²) in [5, 5.41) is 62.2. The SMILES string of the molecule is Cc1c(C(=O)C(=O)NC2(c3cn[nH]n3)CC2)c2n(c1C(=O)Nc1cc(Cl)ccc1F)CCC2.Cc1cc(F)c(NC(=O)c2c(C)c(C(=O)C(=O)NC3(c4cn[nH]n4)CC3)c3n2CCC3)cc1Cl.Cc1cc(F)c(NC(=O)c2c(C)c(C(=O)C(=O)NC3(c4cn[nH]n4)CC3)c3n2CCC3)cc1F.Cc1ccc(NC(=O)c2c(C)c(C(=O)C(=O)NC3(c4cn[nH]n4)CC(F)(F)C3)c3n2CCC3)cc1C(F)F. The van der Waals surface area contributed by atoms with Gasteiger partial charge in [-0.05, 0) is 226 Å². The number of nitrogens with zero attached hydrogens (tertiary/aromatic N) is 12. The van der Waals surface area contributed by atoms with Gasteiger partial charge in [-0.25, -0.2) is 35.1 Å². The predicted molar refractivity (Wildman–Crippen MR) is 481 cm³/mol. The molecule has 0 atom stereocenters. The molecule has 4 fully saturated rings. The summed E-state index contributed by atoms with van der Waals surface area (Å²) in [5.74, 6) is -14.6. The Morgan fingerprint density at radius 2 is 0.698 bits per heavy atom. The second-order valence-corrected chi connectivity index (χ2v) is 36.6. The maximum absolute atomic E-state index is 14.4. The zero-order chi connectivity index (χ0) is 99.1. The number of hydrogen-bond acceptors (Lipinski definition) is 20. The number of Topliss-reactive ketones (excluding diaryl/α,β-unsaturated/α-hetero) is 4. The Morgan fingerprint density at radius 1 is 0.374 bits per heavy atom. The lowest BCUT2D eigenvalue weighted by atomic mass is 9.71. The number of aromatic nitrogens is 16. The Bertz CT molecular complexity index is 6880. The third-order valence-electron chi connectivity index (χ3n) is 26.6. The molecule has 722 valence electrons. The smallest absolute Gasteiger partial charge is 0.293 e. The Hall–Kier alpha value is -15.0. The van der Waals surface area contributed by atoms with Crippen molar-refractivity contribution >= 4 is 116 Å². The highest BCUT2D eigenvalue weighted by Crippen LogP contribution is 2.52. The minimum atomic E-state index is -3.03. The summed E-state index contributed by atoms with van der Waals surface area (Å²) in [4.78, 5) is 157. The number of aromatic amines is 4. The molecule has 4 aromatic carbocycles. The molecule has 0 unspecified atom stereocenters. The van der Waals surface area contributed by atoms with Gasteiger partial charge >= 0.3 is 0 Å². The van der Waals surface area contributed by atoms with E-state index in [1.165, 1.54) is 88.0 Å². The van der Waals surface area contributed by atoms with Gasteiger partial charge in [0.15, 0.2) is 0 Å². The number of carbonyl (C=O) groups excluding carboxylic acids is 12. The Balaban J connectivity index is 0.000000128. The normalized spacial score (nSPS) is 16.1. The van der Waals surface area contributed by atoms with Crippen molar-refractivity contribution in [2.24, 2.45) is 0 Å². The van der Waals surface area contributed by atoms with E-state index in [2.05, 4.69) is 104 Å². The van der Waals surface area contributed by atoms with Crippen molar-refractivity contribution in [2.75, 3.05) is 21.3 Å². The monoisotopic (exact) mass is 1950 g/mol. The summed E-state index contributed by atoms with van der Waals surface area (Å²) in [7, 11) is 0. The minimum absolute atomic E-state index is 0.0312. The quantitative estimate of drug-likeness (QED) is 0.0144. The fraction of sp³-hybridized carbons (Fsp3) is 0.355. The number of H-pyrrole nitrogens is 4. The number of nitrogens with one attached hydrogen (secondary N) is 12. The molecule has 4 aliphatic heterocycles. The van der Waals surface area contributed by atoms with Gasteiger partial charge in [-0.15, -0.1) is 0 Å². The molecule has 8 aromatic heterocycles. The largest absolute Gasteiger partial charge is 0.340 e. The zero-order valence-corrected chi connectivity index (χ0v) is 76.9. The summed E-state index contributed by atoms with van der Waals surface area (Å²) in [6.07, 6.45) is 10.3. The summed E-state index contributed by atoms with van der Waals surface area (Å²) in [6, 6.07) is 12.5. The molecular formula is C93H88Cl2F8N24O12. The standard InChI is InChI=1S/C25H24F4N6O3.C23H22ClFN6O3.C23H22F2N6O3.C22H20ClFN6O3/c1-12-5-6-14(8-15(12)21(26)27)31-22(37)19-13(2)18(16-4-3-7-35(16)19)20(36)23(38)32-24(10-25(28,29)11-24)17-9-30-34-33-17;2*1-11-8-14(25)15(9-13(11)24)27-21(33)19-12(2)18(16-4-3-7-31(16)19)20(32)22(34)28-23(5-6-23)17-10-26-30-29-17;1-11-17(19(31)21(33)27-22(6-7-22)16-10-25-29-28-16)15-3-2-8-30(15)18(11)20(32)26-14-9-12(23)4-5-13(14)24/h5-6,8-9,21H,3-4,7,10-11H2,1-2H3,(H,31,37)(H,32,38)(H,30,33,34);2*8-10H,3-7H2,1-2H3,(H,27,33)(H,28,34)(H,26,29,30);4-5,9-10H,2-3,6-8H2,1H3,(H,26,32)(H,27,33)(H,25,28,29). The molecule has 0 bridgehead atoms. The first-order chi connectivity index (χ1) is 66.2. The van der Waals surface area contributed by atoms with E-state index in [1.54, 1.807) is 46.0 Å². The van der Waals surface area contributed by atoms with E-state index in [0.717, 1.165) is 31.0 Å². The number of benzene rings is 4. The van der Waals surface area contributed by atoms with Gasteiger partial charge in [-0.1, -0.05) is 29.3 Å². The zero-order valence-electron chi connectivity index (χ0n) is 75.3. The molecule has 12 heterocycles. The number of anilines is 4. The second-order valence-electron chi connectivity index (χ2n) is 35.8. The first-order valence-electron chi connectivity index (χ1n) is 44.3. The summed E-state index contributed by atoms with van der Waals surface area (Å²) in [6.45, 7) is 12.9. The van der Waals surface area contributed by atoms with E-state index in [9.17, 15) is 92.7 Å². The number of rotatable bonds is 25. The van der Waals surface area contributed by atoms with Crippen LogP contribution in [0.1, 0.15) is 257 Å². The fourth-order valence-electron chi connectivity index (χ4n) is 19.2. The van der Waals surface area contributed by atoms with Crippen LogP contribution in [0.5, 0.6) is 0 Å². The van der Waals surface area contributed by atoms with Gasteiger partial charge in [0, 0.05) is 89.2 Å². The molecule has 139 heavy (non-hydrogen) atoms. The highest BCUT2D eigenvalue weighted by atomic mass is 35.5. The van der Waals surface area contributed by atoms with Crippen LogP contribution in [0.2, 0.25) is 10.0 Å². The van der Waals surface area contributed by atoms with Crippen molar-refractivity contribution in [1.82, 2.24) is 101 Å². The van der Waals surface area contributed by atoms with Gasteiger partial charge in [-0.2, -0.15) is 61.6 Å². The predicted octanol–water partition coefficient (Wildman–Crippen LogP) is 12.8. The molecule has 4 aliphatic carbocycles. The number of halogens is 10. The molecule has 12 aromatic rings. The molecule has 8 aliphatic rings. The number of aryl methyl sites for hydroxylation is 3. The van der Waals surface area contributed by atoms with Gasteiger partial charge < -0.3 is 60.8 Å². The number of ketones is 4. The van der Waals surface area contributed by atoms with Crippen LogP contribution < -0.4 is 42.5 Å². The highest BCUT2D eigenvalue weighted by Gasteiger charge is 2.61. The molecule has 12 N–H and O–H groups in total. The van der Waals surface area contributed by atoms with E-state index in [-0.39, 0.29) is 95.2 Å². The van der Waals surface area contributed by atoms with E-state index in [0.29, 0.717) is 176 Å². The number of carbonyl (C=O) groups is 12. The van der Waals surface area contributed by atoms with Crippen LogP contribution >= 0.6 is 23.2 Å². The topological polar surface area (TPSA) is 487 Å². The molecule has 4 saturated carbocycles. The number of alkyl halides is 4. The average molecular weight is 1960 g/mol. The van der Waals surface area contributed by atoms with Gasteiger partial charge in [0.05, 0.1) is 86.3 Å². The van der Waals surface area contributed by atoms with Crippen molar-refractivity contribution < 1.29 is 92.7 Å². The first kappa shape index (κ1) is 95.7. The highest BCUT2D eigenvalue weighted by molar-refractivity contribution is 6.46. The fourth-order valence-corrected chi connectivity index (χ4v) is 19.5. The van der Waals surface area contributed by atoms with Crippen LogP contribution in [0, 0.1) is 71.7 Å². The van der Waals surface area contributed by atoms with Crippen LogP contribution in [0.3, 0.4) is 0 Å². The number of hydrogen-bond donors (Lipinski definition) is 12. The Morgan fingerprint density at radius 3 is 1.03 bits per heavy atom. The average Bonchev–Trinajstić information content (AvgIpc) is 1.79. The Kier molecular flexibility index (Phi) is 25.6. The molecular weight excluding hydrogens is 1870 g/mol. The molecule has 0 radical (unpaired) electrons. The minimum Gasteiger partial charge on any atom is -0.340 e. The molecule has 8 amide bonds. The van der Waals surface area contributed by atoms with Crippen LogP contribution in [0.25, 0.3) is 0 Å². The van der Waals surface area contributed by atoms with Gasteiger partial charge in [0.25, 0.3) is 82.7 Å². The van der Waals surface area contributed by atoms with Crippen molar-refractivity contribution in [3.8, 4) is 0 Å². The molecule has 0 spiro atoms. The maximum atomic E-state index is 14.4. The lowest BCUT2D eigenvalue weighted by Crippen LogP contribution is -2.61. The van der Waals surface area contributed by atoms with Gasteiger partial charge in [0.1, 0.15) is 68.8 Å². The van der Waals surface area contributed by atoms with E-state index >= 15 is 0 Å². The Labute approximate surface area is 793 Å². The van der Waals surface area contributed by atoms with E-state index in [4.69, 9.17) is 23.2 Å². The van der Waals surface area contributed by atoms with Crippen LogP contribution in [-0.2, 0) is 93.2 Å². The summed E-state index contributed by atoms with van der Waals surface area (Å²) >= 11 is 12.0. The number of amides is 8. The maximum Gasteiger partial charge on any atom is 0.293 e. The van der Waals surface area contributed by atoms with Crippen LogP contribution in [0.4, 0.5) is 57.9 Å². The third-order valence-corrected chi connectivity index (χ3v) is 27.2. The van der Waals surface area contributed by atoms with Crippen molar-refractivity contribution in [2.45, 2.75) is 212 Å². The lowest BCUT2D eigenvalue weighted by Gasteiger charge is -2.46. The summed E-state index contributed by atoms with van der Waals surface area (Å²) in [5.41, 5.74) is 3.81. The molecule has 36 nitrogen and oxygen atoms in total. The molecule has 20 rings (SSSR count). The van der Waals surface area contributed by atoms with Crippen LogP contribution in [-0.4, -0.2) is 156 Å². The van der Waals surface area contributed by atoms with Crippen molar-refractivity contribution in [1.29, 1.82) is 0 Å². The van der Waals surface area contributed by atoms with Crippen molar-refractivity contribution in [3.63, 3.8) is 0 Å². The van der Waals surface area contributed by atoms with Crippen LogP contribution in [0.15, 0.2) is 85.5 Å². The molecule has 0 saturated heterocycles. The first-order valence-corrected chi connectivity index (χ1v) is 45.1.